The highest BCUT2D eigenvalue weighted by molar-refractivity contribution is 7.99. The van der Waals surface area contributed by atoms with Crippen molar-refractivity contribution in [2.45, 2.75) is 44.1 Å². The van der Waals surface area contributed by atoms with Gasteiger partial charge in [-0.05, 0) is 74.3 Å². The van der Waals surface area contributed by atoms with E-state index >= 15 is 0 Å². The monoisotopic (exact) mass is 255 g/mol. The van der Waals surface area contributed by atoms with Crippen LogP contribution in [0.4, 0.5) is 0 Å². The summed E-state index contributed by atoms with van der Waals surface area (Å²) in [4.78, 5) is 0. The summed E-state index contributed by atoms with van der Waals surface area (Å²) < 4.78 is 6.18. The second kappa shape index (κ2) is 5.10. The van der Waals surface area contributed by atoms with Gasteiger partial charge in [0.2, 0.25) is 0 Å². The van der Waals surface area contributed by atoms with E-state index in [2.05, 4.69) is 11.8 Å². The molecular weight excluding hydrogens is 230 g/mol. The van der Waals surface area contributed by atoms with E-state index in [0.29, 0.717) is 0 Å². The van der Waals surface area contributed by atoms with Crippen LogP contribution in [0.25, 0.3) is 0 Å². The molecule has 3 aliphatic rings. The summed E-state index contributed by atoms with van der Waals surface area (Å²) in [5, 5.41) is 0. The van der Waals surface area contributed by atoms with E-state index < -0.39 is 0 Å². The van der Waals surface area contributed by atoms with Crippen molar-refractivity contribution < 1.29 is 4.74 Å². The number of hydrogen-bond acceptors (Lipinski definition) is 3. The van der Waals surface area contributed by atoms with E-state index in [1.165, 1.54) is 50.0 Å². The first-order valence-corrected chi connectivity index (χ1v) is 8.40. The van der Waals surface area contributed by atoms with Gasteiger partial charge in [-0.25, -0.2) is 0 Å². The number of rotatable bonds is 2. The van der Waals surface area contributed by atoms with Crippen LogP contribution in [0.2, 0.25) is 0 Å². The molecule has 2 aliphatic heterocycles. The molecule has 98 valence electrons. The minimum atomic E-state index is 0.267. The summed E-state index contributed by atoms with van der Waals surface area (Å²) in [5.74, 6) is 5.27. The predicted octanol–water partition coefficient (Wildman–Crippen LogP) is 2.66. The zero-order valence-electron chi connectivity index (χ0n) is 10.7. The van der Waals surface area contributed by atoms with Gasteiger partial charge in [0, 0.05) is 6.61 Å². The molecule has 0 aromatic heterocycles. The van der Waals surface area contributed by atoms with Gasteiger partial charge in [-0.15, -0.1) is 0 Å². The third-order valence-electron chi connectivity index (χ3n) is 5.32. The van der Waals surface area contributed by atoms with E-state index in [1.807, 2.05) is 0 Å². The molecule has 0 aromatic rings. The first-order chi connectivity index (χ1) is 8.33. The molecule has 2 saturated heterocycles. The third kappa shape index (κ3) is 2.39. The van der Waals surface area contributed by atoms with Crippen LogP contribution in [-0.4, -0.2) is 30.3 Å². The van der Waals surface area contributed by atoms with Crippen LogP contribution in [0.15, 0.2) is 0 Å². The first kappa shape index (κ1) is 12.3. The topological polar surface area (TPSA) is 35.2 Å². The molecule has 1 saturated carbocycles. The minimum Gasteiger partial charge on any atom is -0.375 e. The molecule has 0 amide bonds. The summed E-state index contributed by atoms with van der Waals surface area (Å²) in [6, 6.07) is 0. The smallest absolute Gasteiger partial charge is 0.0701 e. The molecule has 0 radical (unpaired) electrons. The maximum Gasteiger partial charge on any atom is 0.0701 e. The minimum absolute atomic E-state index is 0.267. The van der Waals surface area contributed by atoms with Gasteiger partial charge >= 0.3 is 0 Å². The molecule has 3 unspecified atom stereocenters. The fourth-order valence-electron chi connectivity index (χ4n) is 4.03. The van der Waals surface area contributed by atoms with Crippen LogP contribution >= 0.6 is 11.8 Å². The molecule has 17 heavy (non-hydrogen) atoms. The Kier molecular flexibility index (Phi) is 3.69. The Hall–Kier alpha value is 0.270. The lowest BCUT2D eigenvalue weighted by Crippen LogP contribution is -2.47. The first-order valence-electron chi connectivity index (χ1n) is 7.25. The van der Waals surface area contributed by atoms with E-state index in [-0.39, 0.29) is 5.60 Å². The highest BCUT2D eigenvalue weighted by atomic mass is 32.2. The molecule has 2 heterocycles. The molecule has 2 nitrogen and oxygen atoms in total. The molecule has 1 spiro atoms. The van der Waals surface area contributed by atoms with Gasteiger partial charge in [-0.2, -0.15) is 11.8 Å². The van der Waals surface area contributed by atoms with Gasteiger partial charge in [-0.1, -0.05) is 0 Å². The van der Waals surface area contributed by atoms with Gasteiger partial charge < -0.3 is 10.5 Å². The van der Waals surface area contributed by atoms with Crippen molar-refractivity contribution in [3.63, 3.8) is 0 Å². The fourth-order valence-corrected chi connectivity index (χ4v) is 5.27. The van der Waals surface area contributed by atoms with Crippen LogP contribution < -0.4 is 5.73 Å². The second-order valence-electron chi connectivity index (χ2n) is 6.13. The SMILES string of the molecule is NCC1CCC1C1CCOC2(CCSCC2)C1. The number of ether oxygens (including phenoxy) is 1. The predicted molar refractivity (Wildman–Crippen MR) is 73.2 cm³/mol. The lowest BCUT2D eigenvalue weighted by Gasteiger charge is -2.49. The van der Waals surface area contributed by atoms with Crippen molar-refractivity contribution in [3.05, 3.63) is 0 Å². The number of hydrogen-bond donors (Lipinski definition) is 1. The van der Waals surface area contributed by atoms with Crippen molar-refractivity contribution >= 4 is 11.8 Å². The van der Waals surface area contributed by atoms with Gasteiger partial charge in [0.15, 0.2) is 0 Å². The maximum absolute atomic E-state index is 6.18. The van der Waals surface area contributed by atoms with Crippen molar-refractivity contribution in [3.8, 4) is 0 Å². The molecule has 0 aromatic carbocycles. The Bertz CT molecular complexity index is 257. The molecule has 3 atom stereocenters. The summed E-state index contributed by atoms with van der Waals surface area (Å²) in [5.41, 5.74) is 6.13. The van der Waals surface area contributed by atoms with Crippen molar-refractivity contribution in [1.29, 1.82) is 0 Å². The average molecular weight is 255 g/mol. The third-order valence-corrected chi connectivity index (χ3v) is 6.31. The Morgan fingerprint density at radius 3 is 2.65 bits per heavy atom. The molecule has 1 aliphatic carbocycles. The maximum atomic E-state index is 6.18. The summed E-state index contributed by atoms with van der Waals surface area (Å²) in [6.45, 7) is 1.91. The van der Waals surface area contributed by atoms with E-state index in [0.717, 1.165) is 30.9 Å². The Morgan fingerprint density at radius 1 is 1.18 bits per heavy atom. The van der Waals surface area contributed by atoms with E-state index in [1.54, 1.807) is 0 Å². The van der Waals surface area contributed by atoms with Crippen molar-refractivity contribution in [2.24, 2.45) is 23.5 Å². The van der Waals surface area contributed by atoms with Gasteiger partial charge in [0.05, 0.1) is 5.60 Å². The van der Waals surface area contributed by atoms with E-state index in [4.69, 9.17) is 10.5 Å². The number of nitrogens with two attached hydrogens (primary N) is 1. The van der Waals surface area contributed by atoms with Crippen molar-refractivity contribution in [1.82, 2.24) is 0 Å². The van der Waals surface area contributed by atoms with E-state index in [9.17, 15) is 0 Å². The molecule has 3 rings (SSSR count). The Balaban J connectivity index is 1.63. The normalized spacial score (nSPS) is 41.1. The summed E-state index contributed by atoms with van der Waals surface area (Å²) >= 11 is 2.10. The lowest BCUT2D eigenvalue weighted by molar-refractivity contribution is -0.122. The molecule has 3 heteroatoms. The lowest BCUT2D eigenvalue weighted by atomic mass is 9.62. The zero-order valence-corrected chi connectivity index (χ0v) is 11.5. The van der Waals surface area contributed by atoms with Gasteiger partial charge in [-0.3, -0.25) is 0 Å². The molecule has 3 fully saturated rings. The quantitative estimate of drug-likeness (QED) is 0.824. The summed E-state index contributed by atoms with van der Waals surface area (Å²) in [6.07, 6.45) is 7.99. The summed E-state index contributed by atoms with van der Waals surface area (Å²) in [7, 11) is 0. The van der Waals surface area contributed by atoms with Crippen LogP contribution in [0, 0.1) is 17.8 Å². The standard InChI is InChI=1S/C14H25NOS/c15-10-12-1-2-13(12)11-3-6-16-14(9-11)4-7-17-8-5-14/h11-13H,1-10,15H2. The van der Waals surface area contributed by atoms with Crippen LogP contribution in [0.5, 0.6) is 0 Å². The van der Waals surface area contributed by atoms with Crippen LogP contribution in [0.3, 0.4) is 0 Å². The second-order valence-corrected chi connectivity index (χ2v) is 7.36. The molecule has 2 N–H and O–H groups in total. The largest absolute Gasteiger partial charge is 0.375 e. The average Bonchev–Trinajstić information content (AvgIpc) is 2.29. The van der Waals surface area contributed by atoms with Gasteiger partial charge in [0.25, 0.3) is 0 Å². The highest BCUT2D eigenvalue weighted by Gasteiger charge is 2.44. The fraction of sp³-hybridized carbons (Fsp3) is 1.00. The Morgan fingerprint density at radius 2 is 2.00 bits per heavy atom. The number of thioether (sulfide) groups is 1. The highest BCUT2D eigenvalue weighted by Crippen LogP contribution is 2.48. The zero-order chi connectivity index (χ0) is 11.7. The van der Waals surface area contributed by atoms with Crippen LogP contribution in [0.1, 0.15) is 38.5 Å². The van der Waals surface area contributed by atoms with Gasteiger partial charge in [0.1, 0.15) is 0 Å². The molecular formula is C14H25NOS. The molecule has 0 bridgehead atoms. The Labute approximate surface area is 109 Å². The van der Waals surface area contributed by atoms with Crippen LogP contribution in [-0.2, 0) is 4.74 Å². The van der Waals surface area contributed by atoms with Crippen molar-refractivity contribution in [2.75, 3.05) is 24.7 Å².